The van der Waals surface area contributed by atoms with Gasteiger partial charge in [0.15, 0.2) is 0 Å². The predicted octanol–water partition coefficient (Wildman–Crippen LogP) is 3.71. The first kappa shape index (κ1) is 14.4. The molecule has 106 valence electrons. The van der Waals surface area contributed by atoms with Gasteiger partial charge in [0, 0.05) is 6.04 Å². The maximum absolute atomic E-state index is 5.51. The van der Waals surface area contributed by atoms with Gasteiger partial charge in [0.2, 0.25) is 0 Å². The minimum atomic E-state index is 0.698. The molecule has 1 aromatic rings. The lowest BCUT2D eigenvalue weighted by atomic mass is 9.90. The van der Waals surface area contributed by atoms with Crippen LogP contribution in [0.3, 0.4) is 0 Å². The Morgan fingerprint density at radius 3 is 2.79 bits per heavy atom. The second-order valence-electron chi connectivity index (χ2n) is 5.89. The molecule has 0 bridgehead atoms. The molecular weight excluding hydrogens is 234 g/mol. The van der Waals surface area contributed by atoms with E-state index in [4.69, 9.17) is 4.74 Å². The van der Waals surface area contributed by atoms with Crippen LogP contribution in [0.1, 0.15) is 43.2 Å². The summed E-state index contributed by atoms with van der Waals surface area (Å²) in [7, 11) is 3.87. The molecule has 0 aliphatic heterocycles. The summed E-state index contributed by atoms with van der Waals surface area (Å²) in [6.07, 6.45) is 7.88. The molecule has 1 aliphatic carbocycles. The average molecular weight is 261 g/mol. The summed E-state index contributed by atoms with van der Waals surface area (Å²) in [4.78, 5) is 0. The number of ether oxygens (including phenoxy) is 1. The molecule has 0 radical (unpaired) electrons. The van der Waals surface area contributed by atoms with Crippen LogP contribution in [-0.4, -0.2) is 20.2 Å². The average Bonchev–Trinajstić information content (AvgIpc) is 2.64. The zero-order valence-corrected chi connectivity index (χ0v) is 12.5. The molecule has 1 saturated carbocycles. The van der Waals surface area contributed by atoms with Gasteiger partial charge in [0.1, 0.15) is 5.75 Å². The number of benzene rings is 1. The molecule has 0 saturated heterocycles. The summed E-state index contributed by atoms with van der Waals surface area (Å²) in [5, 5.41) is 3.47. The van der Waals surface area contributed by atoms with Crippen molar-refractivity contribution in [3.05, 3.63) is 29.3 Å². The number of hydrogen-bond acceptors (Lipinski definition) is 2. The van der Waals surface area contributed by atoms with Crippen LogP contribution in [0.25, 0.3) is 0 Å². The van der Waals surface area contributed by atoms with E-state index in [2.05, 4.69) is 37.5 Å². The molecule has 1 aliphatic rings. The van der Waals surface area contributed by atoms with Gasteiger partial charge in [-0.05, 0) is 50.8 Å². The van der Waals surface area contributed by atoms with E-state index in [1.54, 1.807) is 7.11 Å². The van der Waals surface area contributed by atoms with Crippen LogP contribution in [0, 0.1) is 12.8 Å². The Morgan fingerprint density at radius 1 is 1.26 bits per heavy atom. The quantitative estimate of drug-likeness (QED) is 0.834. The lowest BCUT2D eigenvalue weighted by Gasteiger charge is -2.20. The van der Waals surface area contributed by atoms with Crippen molar-refractivity contribution in [2.24, 2.45) is 5.92 Å². The summed E-state index contributed by atoms with van der Waals surface area (Å²) < 4.78 is 5.51. The van der Waals surface area contributed by atoms with Gasteiger partial charge in [0.25, 0.3) is 0 Å². The van der Waals surface area contributed by atoms with Crippen LogP contribution >= 0.6 is 0 Å². The van der Waals surface area contributed by atoms with E-state index >= 15 is 0 Å². The monoisotopic (exact) mass is 261 g/mol. The van der Waals surface area contributed by atoms with Crippen LogP contribution in [0.4, 0.5) is 0 Å². The van der Waals surface area contributed by atoms with Crippen molar-refractivity contribution in [2.75, 3.05) is 14.2 Å². The van der Waals surface area contributed by atoms with E-state index in [0.29, 0.717) is 6.04 Å². The number of methoxy groups -OCH3 is 1. The van der Waals surface area contributed by atoms with Crippen molar-refractivity contribution < 1.29 is 4.74 Å². The highest BCUT2D eigenvalue weighted by Crippen LogP contribution is 2.30. The SMILES string of the molecule is CNC1CCCCC(Cc2cc(C)ccc2OC)C1. The summed E-state index contributed by atoms with van der Waals surface area (Å²) in [5.74, 6) is 1.84. The minimum Gasteiger partial charge on any atom is -0.496 e. The highest BCUT2D eigenvalue weighted by Gasteiger charge is 2.20. The standard InChI is InChI=1S/C17H27NO/c1-13-8-9-17(19-3)15(10-13)11-14-6-4-5-7-16(12-14)18-2/h8-10,14,16,18H,4-7,11-12H2,1-3H3. The Balaban J connectivity index is 2.08. The predicted molar refractivity (Wildman–Crippen MR) is 80.9 cm³/mol. The zero-order chi connectivity index (χ0) is 13.7. The van der Waals surface area contributed by atoms with Gasteiger partial charge < -0.3 is 10.1 Å². The zero-order valence-electron chi connectivity index (χ0n) is 12.5. The third-order valence-electron chi connectivity index (χ3n) is 4.39. The van der Waals surface area contributed by atoms with E-state index in [0.717, 1.165) is 18.1 Å². The Kier molecular flexibility index (Phi) is 5.26. The molecule has 0 amide bonds. The second-order valence-corrected chi connectivity index (χ2v) is 5.89. The van der Waals surface area contributed by atoms with E-state index < -0.39 is 0 Å². The largest absolute Gasteiger partial charge is 0.496 e. The fourth-order valence-electron chi connectivity index (χ4n) is 3.29. The van der Waals surface area contributed by atoms with E-state index in [-0.39, 0.29) is 0 Å². The third kappa shape index (κ3) is 3.97. The second kappa shape index (κ2) is 6.95. The molecule has 0 heterocycles. The molecule has 1 aromatic carbocycles. The summed E-state index contributed by atoms with van der Waals surface area (Å²) in [5.41, 5.74) is 2.71. The number of nitrogens with one attached hydrogen (secondary N) is 1. The third-order valence-corrected chi connectivity index (χ3v) is 4.39. The van der Waals surface area contributed by atoms with Crippen molar-refractivity contribution in [3.8, 4) is 5.75 Å². The number of hydrogen-bond donors (Lipinski definition) is 1. The highest BCUT2D eigenvalue weighted by molar-refractivity contribution is 5.37. The first-order chi connectivity index (χ1) is 9.22. The molecular formula is C17H27NO. The summed E-state index contributed by atoms with van der Waals surface area (Å²) in [6, 6.07) is 7.23. The van der Waals surface area contributed by atoms with Gasteiger partial charge in [-0.1, -0.05) is 37.0 Å². The van der Waals surface area contributed by atoms with Gasteiger partial charge >= 0.3 is 0 Å². The fourth-order valence-corrected chi connectivity index (χ4v) is 3.29. The van der Waals surface area contributed by atoms with Crippen LogP contribution < -0.4 is 10.1 Å². The molecule has 2 nitrogen and oxygen atoms in total. The molecule has 2 unspecified atom stereocenters. The highest BCUT2D eigenvalue weighted by atomic mass is 16.5. The Labute approximate surface area is 117 Å². The molecule has 1 fully saturated rings. The molecule has 19 heavy (non-hydrogen) atoms. The summed E-state index contributed by atoms with van der Waals surface area (Å²) >= 11 is 0. The van der Waals surface area contributed by atoms with Crippen molar-refractivity contribution >= 4 is 0 Å². The first-order valence-electron chi connectivity index (χ1n) is 7.53. The molecule has 1 N–H and O–H groups in total. The van der Waals surface area contributed by atoms with E-state index in [9.17, 15) is 0 Å². The van der Waals surface area contributed by atoms with Gasteiger partial charge in [-0.25, -0.2) is 0 Å². The van der Waals surface area contributed by atoms with Crippen molar-refractivity contribution in [1.82, 2.24) is 5.32 Å². The molecule has 2 rings (SSSR count). The van der Waals surface area contributed by atoms with Crippen LogP contribution in [0.5, 0.6) is 5.75 Å². The molecule has 2 atom stereocenters. The van der Waals surface area contributed by atoms with Crippen LogP contribution in [-0.2, 0) is 6.42 Å². The maximum Gasteiger partial charge on any atom is 0.122 e. The van der Waals surface area contributed by atoms with Crippen molar-refractivity contribution in [3.63, 3.8) is 0 Å². The minimum absolute atomic E-state index is 0.698. The Bertz CT molecular complexity index is 402. The lowest BCUT2D eigenvalue weighted by molar-refractivity contribution is 0.380. The lowest BCUT2D eigenvalue weighted by Crippen LogP contribution is -2.26. The normalized spacial score (nSPS) is 23.9. The summed E-state index contributed by atoms with van der Waals surface area (Å²) in [6.45, 7) is 2.16. The van der Waals surface area contributed by atoms with Gasteiger partial charge in [-0.3, -0.25) is 0 Å². The van der Waals surface area contributed by atoms with E-state index in [1.807, 2.05) is 0 Å². The molecule has 2 heteroatoms. The maximum atomic E-state index is 5.51. The van der Waals surface area contributed by atoms with E-state index in [1.165, 1.54) is 43.2 Å². The Hall–Kier alpha value is -1.02. The first-order valence-corrected chi connectivity index (χ1v) is 7.53. The smallest absolute Gasteiger partial charge is 0.122 e. The fraction of sp³-hybridized carbons (Fsp3) is 0.647. The van der Waals surface area contributed by atoms with Gasteiger partial charge in [-0.15, -0.1) is 0 Å². The number of rotatable bonds is 4. The van der Waals surface area contributed by atoms with Crippen molar-refractivity contribution in [2.45, 2.75) is 51.5 Å². The van der Waals surface area contributed by atoms with Crippen molar-refractivity contribution in [1.29, 1.82) is 0 Å². The molecule has 0 spiro atoms. The topological polar surface area (TPSA) is 21.3 Å². The molecule has 0 aromatic heterocycles. The Morgan fingerprint density at radius 2 is 2.05 bits per heavy atom. The van der Waals surface area contributed by atoms with Crippen LogP contribution in [0.15, 0.2) is 18.2 Å². The van der Waals surface area contributed by atoms with Gasteiger partial charge in [0.05, 0.1) is 7.11 Å². The van der Waals surface area contributed by atoms with Crippen LogP contribution in [0.2, 0.25) is 0 Å². The van der Waals surface area contributed by atoms with Gasteiger partial charge in [-0.2, -0.15) is 0 Å². The number of aryl methyl sites for hydroxylation is 1.